The number of carbonyl (C=O) groups is 1. The zero-order valence-electron chi connectivity index (χ0n) is 11.0. The van der Waals surface area contributed by atoms with Gasteiger partial charge in [0.25, 0.3) is 0 Å². The Morgan fingerprint density at radius 1 is 1.20 bits per heavy atom. The number of benzene rings is 1. The van der Waals surface area contributed by atoms with E-state index in [1.807, 2.05) is 30.3 Å². The van der Waals surface area contributed by atoms with Crippen molar-refractivity contribution >= 4 is 11.7 Å². The fourth-order valence-corrected chi connectivity index (χ4v) is 1.58. The van der Waals surface area contributed by atoms with E-state index in [2.05, 4.69) is 10.3 Å². The third-order valence-electron chi connectivity index (χ3n) is 2.62. The first kappa shape index (κ1) is 14.0. The Bertz CT molecular complexity index is 541. The number of ether oxygens (including phenoxy) is 1. The molecule has 0 aliphatic rings. The number of aliphatic hydroxyl groups is 1. The van der Waals surface area contributed by atoms with Crippen LogP contribution in [0.5, 0.6) is 5.75 Å². The number of aromatic nitrogens is 1. The molecule has 20 heavy (non-hydrogen) atoms. The van der Waals surface area contributed by atoms with Gasteiger partial charge in [0.1, 0.15) is 11.6 Å². The van der Waals surface area contributed by atoms with Crippen LogP contribution in [-0.2, 0) is 11.4 Å². The largest absolute Gasteiger partial charge is 0.493 e. The number of anilines is 1. The third kappa shape index (κ3) is 4.37. The predicted octanol–water partition coefficient (Wildman–Crippen LogP) is 1.98. The highest BCUT2D eigenvalue weighted by Gasteiger charge is 2.04. The van der Waals surface area contributed by atoms with Gasteiger partial charge in [-0.3, -0.25) is 4.79 Å². The maximum Gasteiger partial charge on any atom is 0.228 e. The predicted molar refractivity (Wildman–Crippen MR) is 75.3 cm³/mol. The molecule has 2 rings (SSSR count). The van der Waals surface area contributed by atoms with E-state index >= 15 is 0 Å². The summed E-state index contributed by atoms with van der Waals surface area (Å²) >= 11 is 0. The molecule has 2 N–H and O–H groups in total. The zero-order chi connectivity index (χ0) is 14.2. The lowest BCUT2D eigenvalue weighted by molar-refractivity contribution is -0.116. The Labute approximate surface area is 117 Å². The number of rotatable bonds is 6. The smallest absolute Gasteiger partial charge is 0.228 e. The van der Waals surface area contributed by atoms with Crippen molar-refractivity contribution < 1.29 is 14.6 Å². The molecule has 0 bridgehead atoms. The summed E-state index contributed by atoms with van der Waals surface area (Å²) in [6.45, 7) is 0.247. The fraction of sp³-hybridized carbons (Fsp3) is 0.200. The highest BCUT2D eigenvalue weighted by Crippen LogP contribution is 2.09. The van der Waals surface area contributed by atoms with E-state index in [1.54, 1.807) is 12.1 Å². The number of nitrogens with one attached hydrogen (secondary N) is 1. The molecule has 5 nitrogen and oxygen atoms in total. The second-order valence-corrected chi connectivity index (χ2v) is 4.17. The van der Waals surface area contributed by atoms with E-state index in [0.717, 1.165) is 5.75 Å². The van der Waals surface area contributed by atoms with Gasteiger partial charge in [-0.15, -0.1) is 0 Å². The van der Waals surface area contributed by atoms with Gasteiger partial charge in [0.2, 0.25) is 5.91 Å². The van der Waals surface area contributed by atoms with E-state index in [0.29, 0.717) is 18.0 Å². The summed E-state index contributed by atoms with van der Waals surface area (Å²) in [6.07, 6.45) is 1.77. The molecule has 0 atom stereocenters. The minimum Gasteiger partial charge on any atom is -0.493 e. The van der Waals surface area contributed by atoms with E-state index < -0.39 is 0 Å². The van der Waals surface area contributed by atoms with Gasteiger partial charge in [-0.1, -0.05) is 24.3 Å². The molecule has 0 aliphatic carbocycles. The zero-order valence-corrected chi connectivity index (χ0v) is 11.0. The molecule has 1 aromatic carbocycles. The van der Waals surface area contributed by atoms with E-state index in [4.69, 9.17) is 9.84 Å². The van der Waals surface area contributed by atoms with Crippen molar-refractivity contribution in [2.45, 2.75) is 13.0 Å². The van der Waals surface area contributed by atoms with Gasteiger partial charge in [0.15, 0.2) is 0 Å². The first-order valence-electron chi connectivity index (χ1n) is 6.31. The van der Waals surface area contributed by atoms with Crippen molar-refractivity contribution in [3.05, 3.63) is 54.2 Å². The molecule has 1 amide bonds. The average Bonchev–Trinajstić information content (AvgIpc) is 2.49. The van der Waals surface area contributed by atoms with Crippen molar-refractivity contribution in [1.82, 2.24) is 4.98 Å². The first-order chi connectivity index (χ1) is 9.78. The van der Waals surface area contributed by atoms with Crippen LogP contribution in [0.25, 0.3) is 0 Å². The first-order valence-corrected chi connectivity index (χ1v) is 6.31. The molecule has 0 aliphatic heterocycles. The maximum absolute atomic E-state index is 11.7. The molecule has 2 aromatic rings. The number of para-hydroxylation sites is 1. The number of pyridine rings is 1. The minimum absolute atomic E-state index is 0.0634. The lowest BCUT2D eigenvalue weighted by Crippen LogP contribution is -2.16. The molecule has 1 aromatic heterocycles. The molecule has 0 saturated heterocycles. The summed E-state index contributed by atoms with van der Waals surface area (Å²) in [6, 6.07) is 12.7. The van der Waals surface area contributed by atoms with Gasteiger partial charge in [-0.05, 0) is 23.8 Å². The van der Waals surface area contributed by atoms with Gasteiger partial charge >= 0.3 is 0 Å². The highest BCUT2D eigenvalue weighted by molar-refractivity contribution is 5.89. The molecule has 0 spiro atoms. The molecule has 0 radical (unpaired) electrons. The summed E-state index contributed by atoms with van der Waals surface area (Å²) in [5, 5.41) is 11.6. The topological polar surface area (TPSA) is 71.5 Å². The van der Waals surface area contributed by atoms with Crippen LogP contribution in [0, 0.1) is 0 Å². The van der Waals surface area contributed by atoms with Crippen LogP contribution in [-0.4, -0.2) is 22.6 Å². The summed E-state index contributed by atoms with van der Waals surface area (Å²) in [5.41, 5.74) is 0.704. The third-order valence-corrected chi connectivity index (χ3v) is 2.62. The van der Waals surface area contributed by atoms with Gasteiger partial charge < -0.3 is 15.2 Å². The van der Waals surface area contributed by atoms with Gasteiger partial charge in [0.05, 0.1) is 19.6 Å². The second kappa shape index (κ2) is 7.25. The molecule has 0 fully saturated rings. The Morgan fingerprint density at radius 2 is 2.00 bits per heavy atom. The highest BCUT2D eigenvalue weighted by atomic mass is 16.5. The maximum atomic E-state index is 11.7. The van der Waals surface area contributed by atoms with Crippen LogP contribution in [0.15, 0.2) is 48.7 Å². The van der Waals surface area contributed by atoms with Crippen LogP contribution < -0.4 is 10.1 Å². The summed E-state index contributed by atoms with van der Waals surface area (Å²) < 4.78 is 5.44. The van der Waals surface area contributed by atoms with Gasteiger partial charge in [0, 0.05) is 6.20 Å². The molecule has 104 valence electrons. The number of hydrogen-bond donors (Lipinski definition) is 2. The lowest BCUT2D eigenvalue weighted by atomic mass is 10.3. The van der Waals surface area contributed by atoms with Crippen molar-refractivity contribution in [3.8, 4) is 5.75 Å². The van der Waals surface area contributed by atoms with Crippen LogP contribution in [0.1, 0.15) is 12.0 Å². The Morgan fingerprint density at radius 3 is 2.65 bits per heavy atom. The molecular formula is C15H16N2O3. The standard InChI is InChI=1S/C15H16N2O3/c18-11-12-6-7-14(16-10-12)17-15(19)8-9-20-13-4-2-1-3-5-13/h1-7,10,18H,8-9,11H2,(H,16,17,19). The van der Waals surface area contributed by atoms with Crippen LogP contribution in [0.3, 0.4) is 0 Å². The average molecular weight is 272 g/mol. The van der Waals surface area contributed by atoms with Crippen molar-refractivity contribution in [1.29, 1.82) is 0 Å². The van der Waals surface area contributed by atoms with Gasteiger partial charge in [-0.25, -0.2) is 4.98 Å². The minimum atomic E-state index is -0.162. The Kier molecular flexibility index (Phi) is 5.08. The van der Waals surface area contributed by atoms with Crippen molar-refractivity contribution in [3.63, 3.8) is 0 Å². The van der Waals surface area contributed by atoms with Crippen molar-refractivity contribution in [2.75, 3.05) is 11.9 Å². The second-order valence-electron chi connectivity index (χ2n) is 4.17. The van der Waals surface area contributed by atoms with Gasteiger partial charge in [-0.2, -0.15) is 0 Å². The van der Waals surface area contributed by atoms with Crippen LogP contribution in [0.2, 0.25) is 0 Å². The van der Waals surface area contributed by atoms with E-state index in [1.165, 1.54) is 6.20 Å². The molecule has 5 heteroatoms. The Hall–Kier alpha value is -2.40. The van der Waals surface area contributed by atoms with Crippen LogP contribution >= 0.6 is 0 Å². The van der Waals surface area contributed by atoms with E-state index in [-0.39, 0.29) is 18.9 Å². The number of nitrogens with zero attached hydrogens (tertiary/aromatic N) is 1. The number of amides is 1. The molecule has 0 saturated carbocycles. The quantitative estimate of drug-likeness (QED) is 0.843. The summed E-state index contributed by atoms with van der Waals surface area (Å²) in [7, 11) is 0. The monoisotopic (exact) mass is 272 g/mol. The van der Waals surface area contributed by atoms with Crippen LogP contribution in [0.4, 0.5) is 5.82 Å². The molecule has 1 heterocycles. The number of aliphatic hydroxyl groups excluding tert-OH is 1. The summed E-state index contributed by atoms with van der Waals surface area (Å²) in [4.78, 5) is 15.7. The Balaban J connectivity index is 1.74. The fourth-order valence-electron chi connectivity index (χ4n) is 1.58. The lowest BCUT2D eigenvalue weighted by Gasteiger charge is -2.07. The van der Waals surface area contributed by atoms with Crippen molar-refractivity contribution in [2.24, 2.45) is 0 Å². The number of carbonyl (C=O) groups excluding carboxylic acids is 1. The number of hydrogen-bond acceptors (Lipinski definition) is 4. The van der Waals surface area contributed by atoms with E-state index in [9.17, 15) is 4.79 Å². The molecule has 0 unspecified atom stereocenters. The molecular weight excluding hydrogens is 256 g/mol. The summed E-state index contributed by atoms with van der Waals surface area (Å²) in [5.74, 6) is 1.04. The normalized spacial score (nSPS) is 10.1. The SMILES string of the molecule is O=C(CCOc1ccccc1)Nc1ccc(CO)cn1.